The fraction of sp³-hybridized carbons (Fsp3) is 0.381. The number of rotatable bonds is 5. The Kier molecular flexibility index (Phi) is 4.93. The summed E-state index contributed by atoms with van der Waals surface area (Å²) >= 11 is 0. The number of carbonyl (C=O) groups excluding carboxylic acids is 1. The van der Waals surface area contributed by atoms with Crippen molar-refractivity contribution in [1.82, 2.24) is 14.8 Å². The predicted octanol–water partition coefficient (Wildman–Crippen LogP) is 3.63. The lowest BCUT2D eigenvalue weighted by atomic mass is 10.0. The van der Waals surface area contributed by atoms with Crippen LogP contribution in [0.5, 0.6) is 0 Å². The van der Waals surface area contributed by atoms with Crippen molar-refractivity contribution >= 4 is 27.8 Å². The van der Waals surface area contributed by atoms with Crippen molar-refractivity contribution in [2.75, 3.05) is 13.1 Å². The van der Waals surface area contributed by atoms with Crippen LogP contribution in [0.4, 0.5) is 13.6 Å². The molecule has 0 radical (unpaired) electrons. The summed E-state index contributed by atoms with van der Waals surface area (Å²) in [4.78, 5) is 13.7. The molecule has 0 spiro atoms. The van der Waals surface area contributed by atoms with Crippen LogP contribution in [0, 0.1) is 11.6 Å². The smallest absolute Gasteiger partial charge is 0.317 e. The highest BCUT2D eigenvalue weighted by Crippen LogP contribution is 2.31. The van der Waals surface area contributed by atoms with Crippen LogP contribution in [0.25, 0.3) is 21.8 Å². The van der Waals surface area contributed by atoms with Crippen molar-refractivity contribution < 1.29 is 18.7 Å². The van der Waals surface area contributed by atoms with Crippen LogP contribution in [-0.4, -0.2) is 45.8 Å². The van der Waals surface area contributed by atoms with Crippen LogP contribution >= 0.6 is 0 Å². The predicted molar refractivity (Wildman–Crippen MR) is 104 cm³/mol. The molecule has 148 valence electrons. The number of benzene rings is 2. The van der Waals surface area contributed by atoms with E-state index >= 15 is 0 Å². The highest BCUT2D eigenvalue weighted by Gasteiger charge is 2.28. The maximum absolute atomic E-state index is 13.8. The van der Waals surface area contributed by atoms with Gasteiger partial charge in [-0.05, 0) is 56.2 Å². The zero-order valence-electron chi connectivity index (χ0n) is 15.7. The molecule has 0 aliphatic carbocycles. The Morgan fingerprint density at radius 2 is 1.75 bits per heavy atom. The Morgan fingerprint density at radius 3 is 2.32 bits per heavy atom. The number of fused-ring (bicyclic) bond motifs is 3. The fourth-order valence-electron chi connectivity index (χ4n) is 4.26. The molecule has 3 aromatic rings. The van der Waals surface area contributed by atoms with Gasteiger partial charge >= 0.3 is 6.03 Å². The zero-order chi connectivity index (χ0) is 19.8. The molecule has 2 unspecified atom stereocenters. The molecular formula is C21H23F2N3O2. The highest BCUT2D eigenvalue weighted by atomic mass is 19.1. The van der Waals surface area contributed by atoms with E-state index < -0.39 is 6.10 Å². The van der Waals surface area contributed by atoms with E-state index in [0.29, 0.717) is 30.3 Å². The lowest BCUT2D eigenvalue weighted by Gasteiger charge is -2.36. The number of amides is 2. The second-order valence-corrected chi connectivity index (χ2v) is 7.28. The number of hydrogen-bond donors (Lipinski definition) is 2. The van der Waals surface area contributed by atoms with Gasteiger partial charge in [-0.3, -0.25) is 0 Å². The number of hydrogen-bond acceptors (Lipinski definition) is 2. The average Bonchev–Trinajstić information content (AvgIpc) is 2.94. The van der Waals surface area contributed by atoms with Gasteiger partial charge in [0.15, 0.2) is 0 Å². The monoisotopic (exact) mass is 387 g/mol. The third kappa shape index (κ3) is 3.30. The minimum Gasteiger partial charge on any atom is -0.391 e. The van der Waals surface area contributed by atoms with Crippen LogP contribution in [0.1, 0.15) is 19.8 Å². The summed E-state index contributed by atoms with van der Waals surface area (Å²) in [7, 11) is 0. The summed E-state index contributed by atoms with van der Waals surface area (Å²) in [5.41, 5.74) is 1.49. The normalized spacial score (nSPS) is 18.6. The van der Waals surface area contributed by atoms with Gasteiger partial charge in [0.25, 0.3) is 0 Å². The van der Waals surface area contributed by atoms with Gasteiger partial charge in [-0.15, -0.1) is 0 Å². The first-order valence-electron chi connectivity index (χ1n) is 9.57. The standard InChI is InChI=1S/C21H23F2N3O2/c1-2-25-15(7-8-24-21(25)28)11-16(27)12-26-19-5-3-13(22)9-17(19)18-10-14(23)4-6-20(18)26/h3-6,9-10,15-16,27H,2,7-8,11-12H2,1H3,(H,24,28). The molecule has 2 amide bonds. The number of aliphatic hydroxyl groups excluding tert-OH is 1. The van der Waals surface area contributed by atoms with Crippen molar-refractivity contribution in [3.63, 3.8) is 0 Å². The highest BCUT2D eigenvalue weighted by molar-refractivity contribution is 6.08. The second-order valence-electron chi connectivity index (χ2n) is 7.28. The molecule has 0 bridgehead atoms. The van der Waals surface area contributed by atoms with Crippen molar-refractivity contribution in [1.29, 1.82) is 0 Å². The molecule has 0 saturated carbocycles. The van der Waals surface area contributed by atoms with E-state index in [9.17, 15) is 18.7 Å². The van der Waals surface area contributed by atoms with Gasteiger partial charge in [0.2, 0.25) is 0 Å². The first-order valence-corrected chi connectivity index (χ1v) is 9.57. The minimum atomic E-state index is -0.696. The topological polar surface area (TPSA) is 57.5 Å². The molecule has 7 heteroatoms. The number of aromatic nitrogens is 1. The van der Waals surface area contributed by atoms with Crippen molar-refractivity contribution in [2.45, 2.75) is 38.5 Å². The summed E-state index contributed by atoms with van der Waals surface area (Å²) in [6, 6.07) is 8.69. The van der Waals surface area contributed by atoms with Gasteiger partial charge in [0, 0.05) is 47.5 Å². The molecule has 1 aliphatic heterocycles. The maximum atomic E-state index is 13.8. The lowest BCUT2D eigenvalue weighted by molar-refractivity contribution is 0.0911. The number of carbonyl (C=O) groups is 1. The van der Waals surface area contributed by atoms with Crippen LogP contribution in [-0.2, 0) is 6.54 Å². The Morgan fingerprint density at radius 1 is 1.14 bits per heavy atom. The number of halogens is 2. The Hall–Kier alpha value is -2.67. The largest absolute Gasteiger partial charge is 0.391 e. The molecule has 28 heavy (non-hydrogen) atoms. The van der Waals surface area contributed by atoms with Crippen LogP contribution in [0.2, 0.25) is 0 Å². The molecule has 1 aliphatic rings. The van der Waals surface area contributed by atoms with E-state index in [1.807, 2.05) is 11.5 Å². The first kappa shape index (κ1) is 18.7. The van der Waals surface area contributed by atoms with Gasteiger partial charge in [0.1, 0.15) is 11.6 Å². The number of nitrogens with zero attached hydrogens (tertiary/aromatic N) is 2. The van der Waals surface area contributed by atoms with Gasteiger partial charge < -0.3 is 19.9 Å². The molecule has 4 rings (SSSR count). The first-order chi connectivity index (χ1) is 13.5. The van der Waals surface area contributed by atoms with Crippen molar-refractivity contribution in [2.24, 2.45) is 0 Å². The number of urea groups is 1. The van der Waals surface area contributed by atoms with Gasteiger partial charge in [0.05, 0.1) is 6.10 Å². The van der Waals surface area contributed by atoms with Crippen LogP contribution < -0.4 is 5.32 Å². The molecule has 1 saturated heterocycles. The third-order valence-corrected chi connectivity index (χ3v) is 5.52. The Labute approximate surface area is 161 Å². The van der Waals surface area contributed by atoms with E-state index in [-0.39, 0.29) is 30.3 Å². The van der Waals surface area contributed by atoms with Crippen molar-refractivity contribution in [3.05, 3.63) is 48.0 Å². The van der Waals surface area contributed by atoms with E-state index in [4.69, 9.17) is 0 Å². The molecule has 2 atom stereocenters. The summed E-state index contributed by atoms with van der Waals surface area (Å²) < 4.78 is 29.4. The Balaban J connectivity index is 1.66. The van der Waals surface area contributed by atoms with E-state index in [2.05, 4.69) is 5.32 Å². The van der Waals surface area contributed by atoms with E-state index in [1.54, 1.807) is 17.0 Å². The summed E-state index contributed by atoms with van der Waals surface area (Å²) in [6.45, 7) is 3.38. The Bertz CT molecular complexity index is 974. The SMILES string of the molecule is CCN1C(=O)NCCC1CC(O)Cn1c2ccc(F)cc2c2cc(F)ccc21. The summed E-state index contributed by atoms with van der Waals surface area (Å²) in [6.07, 6.45) is 0.532. The van der Waals surface area contributed by atoms with Gasteiger partial charge in [-0.1, -0.05) is 0 Å². The number of aliphatic hydroxyl groups is 1. The fourth-order valence-corrected chi connectivity index (χ4v) is 4.26. The molecule has 5 nitrogen and oxygen atoms in total. The van der Waals surface area contributed by atoms with Gasteiger partial charge in [-0.25, -0.2) is 13.6 Å². The molecule has 1 fully saturated rings. The molecular weight excluding hydrogens is 364 g/mol. The second kappa shape index (κ2) is 7.39. The maximum Gasteiger partial charge on any atom is 0.317 e. The van der Waals surface area contributed by atoms with Crippen LogP contribution in [0.15, 0.2) is 36.4 Å². The lowest BCUT2D eigenvalue weighted by Crippen LogP contribution is -2.53. The molecule has 2 aromatic carbocycles. The zero-order valence-corrected chi connectivity index (χ0v) is 15.7. The molecule has 2 N–H and O–H groups in total. The van der Waals surface area contributed by atoms with E-state index in [0.717, 1.165) is 17.5 Å². The quantitative estimate of drug-likeness (QED) is 0.703. The molecule has 1 aromatic heterocycles. The van der Waals surface area contributed by atoms with Crippen LogP contribution in [0.3, 0.4) is 0 Å². The molecule has 2 heterocycles. The summed E-state index contributed by atoms with van der Waals surface area (Å²) in [5.74, 6) is -0.772. The van der Waals surface area contributed by atoms with E-state index in [1.165, 1.54) is 24.3 Å². The average molecular weight is 387 g/mol. The minimum absolute atomic E-state index is 0.0308. The van der Waals surface area contributed by atoms with Gasteiger partial charge in [-0.2, -0.15) is 0 Å². The summed E-state index contributed by atoms with van der Waals surface area (Å²) in [5, 5.41) is 14.8. The van der Waals surface area contributed by atoms with Crippen molar-refractivity contribution in [3.8, 4) is 0 Å². The third-order valence-electron chi connectivity index (χ3n) is 5.52. The number of nitrogens with one attached hydrogen (secondary N) is 1.